The van der Waals surface area contributed by atoms with Crippen LogP contribution < -0.4 is 15.6 Å². The summed E-state index contributed by atoms with van der Waals surface area (Å²) in [4.78, 5) is 26.7. The number of fused-ring (bicyclic) bond motifs is 1. The van der Waals surface area contributed by atoms with E-state index in [2.05, 4.69) is 15.0 Å². The van der Waals surface area contributed by atoms with Crippen molar-refractivity contribution in [2.24, 2.45) is 0 Å². The first-order valence-electron chi connectivity index (χ1n) is 9.45. The first-order valence-corrected chi connectivity index (χ1v) is 9.45. The van der Waals surface area contributed by atoms with E-state index in [1.807, 2.05) is 0 Å². The molecule has 0 aliphatic carbocycles. The van der Waals surface area contributed by atoms with Crippen LogP contribution in [0, 0.1) is 0 Å². The molecule has 1 amide bonds. The van der Waals surface area contributed by atoms with Crippen LogP contribution in [-0.4, -0.2) is 28.9 Å². The minimum Gasteiger partial charge on any atom is -0.502 e. The molecule has 0 aliphatic heterocycles. The van der Waals surface area contributed by atoms with Gasteiger partial charge in [0.15, 0.2) is 5.75 Å². The molecule has 0 fully saturated rings. The largest absolute Gasteiger partial charge is 0.573 e. The van der Waals surface area contributed by atoms with Gasteiger partial charge in [-0.2, -0.15) is 13.2 Å². The number of pyridine rings is 1. The molecule has 0 radical (unpaired) electrons. The summed E-state index contributed by atoms with van der Waals surface area (Å²) in [5.74, 6) is -2.69. The van der Waals surface area contributed by atoms with Gasteiger partial charge in [-0.25, -0.2) is 0 Å². The minimum atomic E-state index is -5.01. The third kappa shape index (κ3) is 5.76. The van der Waals surface area contributed by atoms with Crippen LogP contribution >= 0.6 is 0 Å². The zero-order valence-electron chi connectivity index (χ0n) is 16.6. The van der Waals surface area contributed by atoms with Crippen molar-refractivity contribution in [1.82, 2.24) is 10.3 Å². The number of amides is 1. The average molecular weight is 474 g/mol. The van der Waals surface area contributed by atoms with E-state index in [0.29, 0.717) is 0 Å². The Kier molecular flexibility index (Phi) is 6.56. The number of aromatic nitrogens is 1. The quantitative estimate of drug-likeness (QED) is 0.362. The number of alkyl halides is 6. The number of benzene rings is 2. The number of hydrogen-bond acceptors (Lipinski definition) is 4. The molecule has 2 aromatic carbocycles. The lowest BCUT2D eigenvalue weighted by atomic mass is 10.0. The lowest BCUT2D eigenvalue weighted by Gasteiger charge is -2.14. The van der Waals surface area contributed by atoms with E-state index >= 15 is 0 Å². The average Bonchev–Trinajstić information content (AvgIpc) is 2.71. The fourth-order valence-corrected chi connectivity index (χ4v) is 3.27. The van der Waals surface area contributed by atoms with Gasteiger partial charge in [0.2, 0.25) is 0 Å². The number of carbonyl (C=O) groups is 1. The van der Waals surface area contributed by atoms with Crippen LogP contribution in [0.4, 0.5) is 26.3 Å². The molecule has 6 nitrogen and oxygen atoms in total. The molecule has 0 saturated carbocycles. The summed E-state index contributed by atoms with van der Waals surface area (Å²) >= 11 is 0. The van der Waals surface area contributed by atoms with Gasteiger partial charge in [0.05, 0.1) is 11.1 Å². The summed E-state index contributed by atoms with van der Waals surface area (Å²) in [7, 11) is 0. The summed E-state index contributed by atoms with van der Waals surface area (Å²) in [6.45, 7) is -0.127. The highest BCUT2D eigenvalue weighted by molar-refractivity contribution is 6.08. The van der Waals surface area contributed by atoms with Gasteiger partial charge in [-0.3, -0.25) is 9.59 Å². The Morgan fingerprint density at radius 3 is 2.42 bits per heavy atom. The number of H-pyrrole nitrogens is 1. The van der Waals surface area contributed by atoms with Crippen LogP contribution in [0.1, 0.15) is 27.9 Å². The predicted octanol–water partition coefficient (Wildman–Crippen LogP) is 4.51. The maximum atomic E-state index is 13.1. The van der Waals surface area contributed by atoms with E-state index in [-0.39, 0.29) is 35.9 Å². The number of hydrogen-bond donors (Lipinski definition) is 3. The highest BCUT2D eigenvalue weighted by Crippen LogP contribution is 2.32. The SMILES string of the molecule is O=C(NCCCc1ccccc1C(F)(F)F)c1c(O)c(=O)[nH]c2ccc(OC(F)(F)F)cc12. The molecule has 176 valence electrons. The number of rotatable bonds is 6. The first kappa shape index (κ1) is 24.0. The molecule has 0 saturated heterocycles. The Bertz CT molecular complexity index is 1230. The molecule has 3 N–H and O–H groups in total. The topological polar surface area (TPSA) is 91.4 Å². The number of aryl methyl sites for hydroxylation is 1. The van der Waals surface area contributed by atoms with E-state index in [1.54, 1.807) is 0 Å². The normalized spacial score (nSPS) is 12.1. The lowest BCUT2D eigenvalue weighted by molar-refractivity contribution is -0.274. The first-order chi connectivity index (χ1) is 15.4. The third-order valence-corrected chi connectivity index (χ3v) is 4.65. The monoisotopic (exact) mass is 474 g/mol. The second-order valence-corrected chi connectivity index (χ2v) is 6.95. The van der Waals surface area contributed by atoms with Gasteiger partial charge in [0.25, 0.3) is 11.5 Å². The number of halogens is 6. The molecular formula is C21H16F6N2O4. The van der Waals surface area contributed by atoms with Crippen molar-refractivity contribution in [3.8, 4) is 11.5 Å². The van der Waals surface area contributed by atoms with Crippen LogP contribution in [0.25, 0.3) is 10.9 Å². The standard InChI is InChI=1S/C21H16F6N2O4/c22-20(23,24)14-6-2-1-4-11(14)5-3-9-28-18(31)16-13-10-12(33-21(25,26)27)7-8-15(13)29-19(32)17(16)30/h1-2,4,6-8,10,30H,3,5,9H2,(H,28,31)(H,29,32). The Balaban J connectivity index is 1.79. The van der Waals surface area contributed by atoms with Crippen molar-refractivity contribution in [1.29, 1.82) is 0 Å². The van der Waals surface area contributed by atoms with Gasteiger partial charge in [-0.1, -0.05) is 18.2 Å². The molecular weight excluding hydrogens is 458 g/mol. The molecule has 3 rings (SSSR count). The molecule has 12 heteroatoms. The van der Waals surface area contributed by atoms with Crippen LogP contribution in [0.15, 0.2) is 47.3 Å². The van der Waals surface area contributed by atoms with Crippen LogP contribution in [0.2, 0.25) is 0 Å². The summed E-state index contributed by atoms with van der Waals surface area (Å²) < 4.78 is 80.5. The number of aromatic hydroxyl groups is 1. The van der Waals surface area contributed by atoms with Gasteiger partial charge in [0.1, 0.15) is 5.75 Å². The molecule has 1 heterocycles. The molecule has 0 bridgehead atoms. The van der Waals surface area contributed by atoms with E-state index in [9.17, 15) is 41.0 Å². The van der Waals surface area contributed by atoms with Crippen molar-refractivity contribution in [2.45, 2.75) is 25.4 Å². The number of nitrogens with one attached hydrogen (secondary N) is 2. The zero-order valence-corrected chi connectivity index (χ0v) is 16.6. The Morgan fingerprint density at radius 2 is 1.76 bits per heavy atom. The summed E-state index contributed by atoms with van der Waals surface area (Å²) in [6, 6.07) is 7.77. The minimum absolute atomic E-state index is 0.0256. The lowest BCUT2D eigenvalue weighted by Crippen LogP contribution is -2.27. The maximum Gasteiger partial charge on any atom is 0.573 e. The molecule has 3 aromatic rings. The van der Waals surface area contributed by atoms with Crippen molar-refractivity contribution >= 4 is 16.8 Å². The number of carbonyl (C=O) groups excluding carboxylic acids is 1. The third-order valence-electron chi connectivity index (χ3n) is 4.65. The van der Waals surface area contributed by atoms with Gasteiger partial charge in [0, 0.05) is 17.4 Å². The Morgan fingerprint density at radius 1 is 1.06 bits per heavy atom. The van der Waals surface area contributed by atoms with E-state index in [0.717, 1.165) is 24.3 Å². The van der Waals surface area contributed by atoms with Crippen LogP contribution in [0.3, 0.4) is 0 Å². The molecule has 33 heavy (non-hydrogen) atoms. The van der Waals surface area contributed by atoms with Gasteiger partial charge >= 0.3 is 12.5 Å². The summed E-state index contributed by atoms with van der Waals surface area (Å²) in [5.41, 5.74) is -2.44. The molecule has 0 atom stereocenters. The van der Waals surface area contributed by atoms with Gasteiger partial charge in [-0.05, 0) is 42.7 Å². The van der Waals surface area contributed by atoms with E-state index in [1.165, 1.54) is 18.2 Å². The van der Waals surface area contributed by atoms with Crippen LogP contribution in [-0.2, 0) is 12.6 Å². The fourth-order valence-electron chi connectivity index (χ4n) is 3.27. The van der Waals surface area contributed by atoms with Crippen LogP contribution in [0.5, 0.6) is 11.5 Å². The van der Waals surface area contributed by atoms with Crippen molar-refractivity contribution in [2.75, 3.05) is 6.54 Å². The Hall–Kier alpha value is -3.70. The predicted molar refractivity (Wildman–Crippen MR) is 105 cm³/mol. The smallest absolute Gasteiger partial charge is 0.502 e. The maximum absolute atomic E-state index is 13.1. The van der Waals surface area contributed by atoms with E-state index < -0.39 is 46.6 Å². The Labute approximate surface area is 181 Å². The highest BCUT2D eigenvalue weighted by Gasteiger charge is 2.33. The zero-order chi connectivity index (χ0) is 24.4. The fraction of sp³-hybridized carbons (Fsp3) is 0.238. The molecule has 0 spiro atoms. The van der Waals surface area contributed by atoms with Crippen molar-refractivity contribution in [3.63, 3.8) is 0 Å². The molecule has 0 unspecified atom stereocenters. The molecule has 1 aromatic heterocycles. The van der Waals surface area contributed by atoms with Gasteiger partial charge < -0.3 is 20.1 Å². The summed E-state index contributed by atoms with van der Waals surface area (Å²) in [5, 5.41) is 12.2. The van der Waals surface area contributed by atoms with E-state index in [4.69, 9.17) is 0 Å². The highest BCUT2D eigenvalue weighted by atomic mass is 19.4. The van der Waals surface area contributed by atoms with Crippen molar-refractivity contribution in [3.05, 3.63) is 69.5 Å². The summed E-state index contributed by atoms with van der Waals surface area (Å²) in [6.07, 6.45) is -9.48. The number of aromatic amines is 1. The van der Waals surface area contributed by atoms with Gasteiger partial charge in [-0.15, -0.1) is 13.2 Å². The number of ether oxygens (including phenoxy) is 1. The second kappa shape index (κ2) is 9.04. The second-order valence-electron chi connectivity index (χ2n) is 6.95. The molecule has 0 aliphatic rings. The van der Waals surface area contributed by atoms with Crippen molar-refractivity contribution < 1.29 is 41.0 Å².